The fourth-order valence-electron chi connectivity index (χ4n) is 2.41. The highest BCUT2D eigenvalue weighted by Gasteiger charge is 2.27. The number of rotatable bonds is 5. The first-order valence-electron chi connectivity index (χ1n) is 7.07. The molecule has 1 aromatic carbocycles. The number of amides is 1. The molecule has 1 fully saturated rings. The van der Waals surface area contributed by atoms with Crippen molar-refractivity contribution in [3.05, 3.63) is 33.3 Å². The Bertz CT molecular complexity index is 587. The fraction of sp³-hybridized carbons (Fsp3) is 0.500. The topological polar surface area (TPSA) is 113 Å². The van der Waals surface area contributed by atoms with Gasteiger partial charge < -0.3 is 19.8 Å². The van der Waals surface area contributed by atoms with Gasteiger partial charge in [0, 0.05) is 30.6 Å². The van der Waals surface area contributed by atoms with Crippen LogP contribution in [0.15, 0.2) is 18.2 Å². The molecule has 0 aromatic heterocycles. The SMILES string of the molecule is O=C(CCOc1ccc(Cl)cc1[N+](=O)[O-])N1C[C@H](O)C[C@H](O)C1. The number of halogens is 1. The first-order valence-corrected chi connectivity index (χ1v) is 7.45. The van der Waals surface area contributed by atoms with Crippen LogP contribution in [0, 0.1) is 10.1 Å². The molecule has 23 heavy (non-hydrogen) atoms. The summed E-state index contributed by atoms with van der Waals surface area (Å²) in [7, 11) is 0. The molecule has 0 spiro atoms. The normalized spacial score (nSPS) is 21.1. The number of nitrogens with zero attached hydrogens (tertiary/aromatic N) is 2. The van der Waals surface area contributed by atoms with Gasteiger partial charge in [-0.05, 0) is 12.1 Å². The summed E-state index contributed by atoms with van der Waals surface area (Å²) in [6.45, 7) is 0.276. The summed E-state index contributed by atoms with van der Waals surface area (Å²) in [5.41, 5.74) is -0.270. The second-order valence-corrected chi connectivity index (χ2v) is 5.75. The molecule has 1 amide bonds. The zero-order valence-electron chi connectivity index (χ0n) is 12.2. The Balaban J connectivity index is 1.90. The second kappa shape index (κ2) is 7.58. The third kappa shape index (κ3) is 4.78. The lowest BCUT2D eigenvalue weighted by Gasteiger charge is -2.33. The van der Waals surface area contributed by atoms with Gasteiger partial charge in [-0.2, -0.15) is 0 Å². The van der Waals surface area contributed by atoms with E-state index in [1.807, 2.05) is 0 Å². The number of ether oxygens (including phenoxy) is 1. The molecule has 0 radical (unpaired) electrons. The molecule has 0 bridgehead atoms. The maximum Gasteiger partial charge on any atom is 0.312 e. The quantitative estimate of drug-likeness (QED) is 0.608. The molecule has 8 nitrogen and oxygen atoms in total. The zero-order chi connectivity index (χ0) is 17.0. The summed E-state index contributed by atoms with van der Waals surface area (Å²) in [6.07, 6.45) is -1.27. The minimum Gasteiger partial charge on any atom is -0.486 e. The van der Waals surface area contributed by atoms with Crippen molar-refractivity contribution in [1.29, 1.82) is 0 Å². The molecule has 2 N–H and O–H groups in total. The molecule has 1 heterocycles. The van der Waals surface area contributed by atoms with Crippen molar-refractivity contribution in [2.75, 3.05) is 19.7 Å². The van der Waals surface area contributed by atoms with Gasteiger partial charge in [-0.15, -0.1) is 0 Å². The summed E-state index contributed by atoms with van der Waals surface area (Å²) in [6, 6.07) is 4.01. The standard InChI is InChI=1S/C14H17ClN2O6/c15-9-1-2-13(12(5-9)17(21)22)23-4-3-14(20)16-7-10(18)6-11(19)8-16/h1-2,5,10-11,18-19H,3-4,6-8H2/t10-,11+. The highest BCUT2D eigenvalue weighted by atomic mass is 35.5. The first kappa shape index (κ1) is 17.5. The van der Waals surface area contributed by atoms with E-state index < -0.39 is 17.1 Å². The van der Waals surface area contributed by atoms with Crippen LogP contribution in [-0.4, -0.2) is 57.8 Å². The molecule has 1 aliphatic heterocycles. The predicted octanol–water partition coefficient (Wildman–Crippen LogP) is 0.971. The molecule has 9 heteroatoms. The molecule has 0 saturated carbocycles. The third-order valence-corrected chi connectivity index (χ3v) is 3.69. The Kier molecular flexibility index (Phi) is 5.75. The van der Waals surface area contributed by atoms with Crippen molar-refractivity contribution >= 4 is 23.2 Å². The molecule has 126 valence electrons. The van der Waals surface area contributed by atoms with Crippen LogP contribution in [0.3, 0.4) is 0 Å². The van der Waals surface area contributed by atoms with E-state index in [4.69, 9.17) is 16.3 Å². The van der Waals surface area contributed by atoms with E-state index in [0.29, 0.717) is 0 Å². The van der Waals surface area contributed by atoms with Crippen LogP contribution in [-0.2, 0) is 4.79 Å². The van der Waals surface area contributed by atoms with Gasteiger partial charge >= 0.3 is 5.69 Å². The number of aliphatic hydroxyl groups is 2. The predicted molar refractivity (Wildman–Crippen MR) is 81.4 cm³/mol. The van der Waals surface area contributed by atoms with Gasteiger partial charge in [0.25, 0.3) is 0 Å². The van der Waals surface area contributed by atoms with Gasteiger partial charge in [-0.25, -0.2) is 0 Å². The van der Waals surface area contributed by atoms with E-state index in [0.717, 1.165) is 0 Å². The first-order chi connectivity index (χ1) is 10.9. The number of likely N-dealkylation sites (tertiary alicyclic amines) is 1. The van der Waals surface area contributed by atoms with E-state index >= 15 is 0 Å². The number of benzene rings is 1. The van der Waals surface area contributed by atoms with Crippen LogP contribution in [0.2, 0.25) is 5.02 Å². The average molecular weight is 345 g/mol. The molecule has 0 unspecified atom stereocenters. The maximum atomic E-state index is 12.0. The number of carbonyl (C=O) groups excluding carboxylic acids is 1. The van der Waals surface area contributed by atoms with Crippen molar-refractivity contribution < 1.29 is 24.7 Å². The Hall–Kier alpha value is -1.90. The number of β-amino-alcohol motifs (C(OH)–C–C–N with tert-alkyl or cyclic N) is 2. The highest BCUT2D eigenvalue weighted by molar-refractivity contribution is 6.30. The molecule has 1 saturated heterocycles. The number of carbonyl (C=O) groups is 1. The van der Waals surface area contributed by atoms with E-state index in [9.17, 15) is 25.1 Å². The average Bonchev–Trinajstić information content (AvgIpc) is 2.47. The number of piperidine rings is 1. The number of nitro groups is 1. The van der Waals surface area contributed by atoms with Gasteiger partial charge in [0.15, 0.2) is 5.75 Å². The van der Waals surface area contributed by atoms with E-state index in [2.05, 4.69) is 0 Å². The van der Waals surface area contributed by atoms with Crippen LogP contribution in [0.5, 0.6) is 5.75 Å². The van der Waals surface area contributed by atoms with Crippen LogP contribution in [0.25, 0.3) is 0 Å². The molecule has 0 aliphatic carbocycles. The minimum atomic E-state index is -0.749. The number of aliphatic hydroxyl groups excluding tert-OH is 2. The Morgan fingerprint density at radius 2 is 2.04 bits per heavy atom. The minimum absolute atomic E-state index is 0.0147. The molecule has 2 rings (SSSR count). The van der Waals surface area contributed by atoms with Crippen LogP contribution in [0.4, 0.5) is 5.69 Å². The number of nitro benzene ring substituents is 1. The Morgan fingerprint density at radius 3 is 2.65 bits per heavy atom. The smallest absolute Gasteiger partial charge is 0.312 e. The third-order valence-electron chi connectivity index (χ3n) is 3.45. The van der Waals surface area contributed by atoms with Crippen molar-refractivity contribution in [2.45, 2.75) is 25.0 Å². The Morgan fingerprint density at radius 1 is 1.39 bits per heavy atom. The largest absolute Gasteiger partial charge is 0.486 e. The van der Waals surface area contributed by atoms with Gasteiger partial charge in [-0.1, -0.05) is 11.6 Å². The summed E-state index contributed by atoms with van der Waals surface area (Å²) >= 11 is 5.71. The monoisotopic (exact) mass is 344 g/mol. The Labute approximate surface area is 137 Å². The lowest BCUT2D eigenvalue weighted by molar-refractivity contribution is -0.385. The van der Waals surface area contributed by atoms with Crippen LogP contribution >= 0.6 is 11.6 Å². The van der Waals surface area contributed by atoms with Crippen molar-refractivity contribution in [3.8, 4) is 5.75 Å². The molecular formula is C14H17ClN2O6. The lowest BCUT2D eigenvalue weighted by Crippen LogP contribution is -2.48. The summed E-state index contributed by atoms with van der Waals surface area (Å²) in [4.78, 5) is 23.7. The van der Waals surface area contributed by atoms with Gasteiger partial charge in [-0.3, -0.25) is 14.9 Å². The van der Waals surface area contributed by atoms with Crippen molar-refractivity contribution in [3.63, 3.8) is 0 Å². The zero-order valence-corrected chi connectivity index (χ0v) is 13.0. The highest BCUT2D eigenvalue weighted by Crippen LogP contribution is 2.30. The lowest BCUT2D eigenvalue weighted by atomic mass is 10.1. The summed E-state index contributed by atoms with van der Waals surface area (Å²) in [5, 5.41) is 30.3. The van der Waals surface area contributed by atoms with E-state index in [1.165, 1.54) is 23.1 Å². The van der Waals surface area contributed by atoms with Crippen molar-refractivity contribution in [1.82, 2.24) is 4.90 Å². The van der Waals surface area contributed by atoms with E-state index in [1.54, 1.807) is 0 Å². The van der Waals surface area contributed by atoms with Gasteiger partial charge in [0.1, 0.15) is 0 Å². The maximum absolute atomic E-state index is 12.0. The van der Waals surface area contributed by atoms with E-state index in [-0.39, 0.29) is 54.9 Å². The number of hydrogen-bond donors (Lipinski definition) is 2. The van der Waals surface area contributed by atoms with Crippen molar-refractivity contribution in [2.24, 2.45) is 0 Å². The summed E-state index contributed by atoms with van der Waals surface area (Å²) < 4.78 is 5.30. The summed E-state index contributed by atoms with van der Waals surface area (Å²) in [5.74, 6) is -0.259. The van der Waals surface area contributed by atoms with Crippen LogP contribution in [0.1, 0.15) is 12.8 Å². The molecule has 2 atom stereocenters. The molecule has 1 aliphatic rings. The van der Waals surface area contributed by atoms with Gasteiger partial charge in [0.05, 0.1) is 30.2 Å². The molecule has 1 aromatic rings. The fourth-order valence-corrected chi connectivity index (χ4v) is 2.58. The second-order valence-electron chi connectivity index (χ2n) is 5.31. The molecular weight excluding hydrogens is 328 g/mol. The van der Waals surface area contributed by atoms with Crippen LogP contribution < -0.4 is 4.74 Å². The van der Waals surface area contributed by atoms with Gasteiger partial charge in [0.2, 0.25) is 5.91 Å². The number of hydrogen-bond acceptors (Lipinski definition) is 6.